The molecule has 0 aliphatic rings. The van der Waals surface area contributed by atoms with Crippen LogP contribution < -0.4 is 15.5 Å². The Morgan fingerprint density at radius 2 is 2.18 bits per heavy atom. The molecule has 1 heterocycles. The van der Waals surface area contributed by atoms with Crippen LogP contribution >= 0.6 is 27.7 Å². The maximum atomic E-state index is 12.1. The first-order chi connectivity index (χ1) is 13.6. The normalized spacial score (nSPS) is 10.8. The molecule has 3 N–H and O–H groups in total. The van der Waals surface area contributed by atoms with E-state index in [2.05, 4.69) is 47.0 Å². The van der Waals surface area contributed by atoms with Crippen LogP contribution in [0.4, 0.5) is 11.6 Å². The predicted octanol–water partition coefficient (Wildman–Crippen LogP) is 3.75. The molecule has 8 nitrogen and oxygen atoms in total. The molecule has 0 atom stereocenters. The highest BCUT2D eigenvalue weighted by molar-refractivity contribution is 9.10. The van der Waals surface area contributed by atoms with Crippen molar-refractivity contribution in [3.8, 4) is 5.75 Å². The number of thioether (sulfide) groups is 1. The van der Waals surface area contributed by atoms with Crippen molar-refractivity contribution in [2.45, 2.75) is 5.16 Å². The van der Waals surface area contributed by atoms with E-state index in [4.69, 9.17) is 4.74 Å². The third-order valence-corrected chi connectivity index (χ3v) is 4.75. The molecule has 0 saturated heterocycles. The average Bonchev–Trinajstić information content (AvgIpc) is 3.15. The minimum absolute atomic E-state index is 0.163. The van der Waals surface area contributed by atoms with E-state index in [0.29, 0.717) is 22.5 Å². The lowest BCUT2D eigenvalue weighted by atomic mass is 10.2. The molecule has 0 spiro atoms. The minimum Gasteiger partial charge on any atom is -0.495 e. The third-order valence-electron chi connectivity index (χ3n) is 3.41. The van der Waals surface area contributed by atoms with Crippen LogP contribution in [0.1, 0.15) is 5.56 Å². The fourth-order valence-corrected chi connectivity index (χ4v) is 3.20. The topological polar surface area (TPSA) is 104 Å². The van der Waals surface area contributed by atoms with Gasteiger partial charge in [-0.25, -0.2) is 10.5 Å². The Morgan fingerprint density at radius 1 is 1.32 bits per heavy atom. The number of ether oxygens (including phenoxy) is 1. The van der Waals surface area contributed by atoms with Crippen LogP contribution in [0.3, 0.4) is 0 Å². The van der Waals surface area contributed by atoms with E-state index in [-0.39, 0.29) is 11.7 Å². The zero-order chi connectivity index (χ0) is 19.8. The van der Waals surface area contributed by atoms with E-state index < -0.39 is 0 Å². The zero-order valence-corrected chi connectivity index (χ0v) is 17.3. The van der Waals surface area contributed by atoms with Crippen molar-refractivity contribution in [1.82, 2.24) is 15.2 Å². The monoisotopic (exact) mass is 460 g/mol. The van der Waals surface area contributed by atoms with Gasteiger partial charge in [0.1, 0.15) is 5.75 Å². The van der Waals surface area contributed by atoms with Crippen LogP contribution in [-0.4, -0.2) is 40.2 Å². The highest BCUT2D eigenvalue weighted by Gasteiger charge is 2.10. The first-order valence-corrected chi connectivity index (χ1v) is 9.94. The Morgan fingerprint density at radius 3 is 3.00 bits per heavy atom. The number of aromatic amines is 1. The molecule has 3 rings (SSSR count). The first-order valence-electron chi connectivity index (χ1n) is 8.17. The van der Waals surface area contributed by atoms with Crippen molar-refractivity contribution >= 4 is 51.4 Å². The highest BCUT2D eigenvalue weighted by atomic mass is 79.9. The second-order valence-corrected chi connectivity index (χ2v) is 7.29. The number of carbonyl (C=O) groups is 1. The van der Waals surface area contributed by atoms with Gasteiger partial charge in [0.15, 0.2) is 0 Å². The maximum Gasteiger partial charge on any atom is 0.240 e. The molecular weight excluding hydrogens is 444 g/mol. The molecule has 0 saturated carbocycles. The molecular formula is C18H17BrN6O2S. The molecule has 0 radical (unpaired) electrons. The number of benzene rings is 2. The molecule has 1 amide bonds. The number of nitrogens with zero attached hydrogens (tertiary/aromatic N) is 3. The lowest BCUT2D eigenvalue weighted by molar-refractivity contribution is -0.113. The van der Waals surface area contributed by atoms with Crippen LogP contribution in [0.5, 0.6) is 5.75 Å². The standard InChI is InChI=1S/C18H17BrN6O2S/c1-27-15-8-3-2-7-14(15)21-16(26)11-28-18-22-17(24-25-18)23-20-10-12-5-4-6-13(19)9-12/h2-10H,11H2,1H3,(H,21,26)(H2,22,23,24,25)/b20-10-. The van der Waals surface area contributed by atoms with Crippen molar-refractivity contribution < 1.29 is 9.53 Å². The van der Waals surface area contributed by atoms with E-state index in [0.717, 1.165) is 10.0 Å². The molecule has 2 aromatic carbocycles. The summed E-state index contributed by atoms with van der Waals surface area (Å²) in [5.41, 5.74) is 4.32. The SMILES string of the molecule is COc1ccccc1NC(=O)CSc1n[nH]c(N/N=C\c2cccc(Br)c2)n1. The highest BCUT2D eigenvalue weighted by Crippen LogP contribution is 2.23. The molecule has 1 aromatic heterocycles. The summed E-state index contributed by atoms with van der Waals surface area (Å²) in [6, 6.07) is 15.0. The summed E-state index contributed by atoms with van der Waals surface area (Å²) in [6.07, 6.45) is 1.67. The van der Waals surface area contributed by atoms with Crippen LogP contribution in [-0.2, 0) is 4.79 Å². The minimum atomic E-state index is -0.179. The van der Waals surface area contributed by atoms with Gasteiger partial charge in [-0.3, -0.25) is 4.79 Å². The van der Waals surface area contributed by atoms with Crippen molar-refractivity contribution in [3.63, 3.8) is 0 Å². The summed E-state index contributed by atoms with van der Waals surface area (Å²) in [4.78, 5) is 16.4. The van der Waals surface area contributed by atoms with Crippen molar-refractivity contribution in [1.29, 1.82) is 0 Å². The zero-order valence-electron chi connectivity index (χ0n) is 14.8. The number of aromatic nitrogens is 3. The van der Waals surface area contributed by atoms with Gasteiger partial charge in [-0.05, 0) is 29.8 Å². The summed E-state index contributed by atoms with van der Waals surface area (Å²) in [5.74, 6) is 0.977. The molecule has 0 fully saturated rings. The Bertz CT molecular complexity index is 978. The number of anilines is 2. The van der Waals surface area contributed by atoms with Gasteiger partial charge < -0.3 is 10.1 Å². The van der Waals surface area contributed by atoms with E-state index >= 15 is 0 Å². The number of hydrogen-bond donors (Lipinski definition) is 3. The Hall–Kier alpha value is -2.85. The molecule has 0 bridgehead atoms. The smallest absolute Gasteiger partial charge is 0.240 e. The van der Waals surface area contributed by atoms with Crippen LogP contribution in [0, 0.1) is 0 Å². The fourth-order valence-electron chi connectivity index (χ4n) is 2.18. The van der Waals surface area contributed by atoms with Gasteiger partial charge in [0.2, 0.25) is 17.0 Å². The molecule has 144 valence electrons. The number of methoxy groups -OCH3 is 1. The number of rotatable bonds is 8. The largest absolute Gasteiger partial charge is 0.495 e. The lowest BCUT2D eigenvalue weighted by Gasteiger charge is -2.08. The van der Waals surface area contributed by atoms with E-state index in [1.165, 1.54) is 11.8 Å². The third kappa shape index (κ3) is 5.83. The number of para-hydroxylation sites is 2. The van der Waals surface area contributed by atoms with Crippen molar-refractivity contribution in [2.24, 2.45) is 5.10 Å². The molecule has 0 aliphatic carbocycles. The number of hydrogen-bond acceptors (Lipinski definition) is 7. The van der Waals surface area contributed by atoms with E-state index in [9.17, 15) is 4.79 Å². The molecule has 28 heavy (non-hydrogen) atoms. The number of carbonyl (C=O) groups excluding carboxylic acids is 1. The van der Waals surface area contributed by atoms with Gasteiger partial charge >= 0.3 is 0 Å². The van der Waals surface area contributed by atoms with E-state index in [1.54, 1.807) is 25.5 Å². The molecule has 10 heteroatoms. The van der Waals surface area contributed by atoms with Gasteiger partial charge in [0.25, 0.3) is 0 Å². The summed E-state index contributed by atoms with van der Waals surface area (Å²) >= 11 is 4.62. The Balaban J connectivity index is 1.48. The molecule has 0 aliphatic heterocycles. The molecule has 0 unspecified atom stereocenters. The van der Waals surface area contributed by atoms with Crippen molar-refractivity contribution in [2.75, 3.05) is 23.6 Å². The van der Waals surface area contributed by atoms with Crippen molar-refractivity contribution in [3.05, 3.63) is 58.6 Å². The second-order valence-electron chi connectivity index (χ2n) is 5.43. The van der Waals surface area contributed by atoms with Crippen LogP contribution in [0.2, 0.25) is 0 Å². The Kier molecular flexibility index (Phi) is 7.04. The number of hydrazone groups is 1. The summed E-state index contributed by atoms with van der Waals surface area (Å²) in [5, 5.41) is 14.1. The van der Waals surface area contributed by atoms with Crippen LogP contribution in [0.15, 0.2) is 63.3 Å². The Labute approximate surface area is 174 Å². The summed E-state index contributed by atoms with van der Waals surface area (Å²) in [6.45, 7) is 0. The van der Waals surface area contributed by atoms with Gasteiger partial charge in [0, 0.05) is 4.47 Å². The van der Waals surface area contributed by atoms with E-state index in [1.807, 2.05) is 36.4 Å². The molecule has 3 aromatic rings. The summed E-state index contributed by atoms with van der Waals surface area (Å²) < 4.78 is 6.19. The van der Waals surface area contributed by atoms with Gasteiger partial charge in [-0.2, -0.15) is 10.1 Å². The second kappa shape index (κ2) is 9.90. The lowest BCUT2D eigenvalue weighted by Crippen LogP contribution is -2.14. The number of H-pyrrole nitrogens is 1. The fraction of sp³-hybridized carbons (Fsp3) is 0.111. The van der Waals surface area contributed by atoms with Gasteiger partial charge in [-0.15, -0.1) is 5.10 Å². The predicted molar refractivity (Wildman–Crippen MR) is 114 cm³/mol. The average molecular weight is 461 g/mol. The first kappa shape index (κ1) is 19.9. The quantitative estimate of drug-likeness (QED) is 0.268. The maximum absolute atomic E-state index is 12.1. The summed E-state index contributed by atoms with van der Waals surface area (Å²) in [7, 11) is 1.56. The number of amides is 1. The van der Waals surface area contributed by atoms with Gasteiger partial charge in [0.05, 0.1) is 24.8 Å². The number of halogens is 1. The van der Waals surface area contributed by atoms with Crippen LogP contribution in [0.25, 0.3) is 0 Å². The number of nitrogens with one attached hydrogen (secondary N) is 3. The van der Waals surface area contributed by atoms with Gasteiger partial charge in [-0.1, -0.05) is 52.0 Å².